The van der Waals surface area contributed by atoms with Gasteiger partial charge >= 0.3 is 12.1 Å². The largest absolute Gasteiger partial charge is 0.481 e. The zero-order chi connectivity index (χ0) is 20.6. The Labute approximate surface area is 170 Å². The van der Waals surface area contributed by atoms with Crippen LogP contribution in [0.3, 0.4) is 0 Å². The molecule has 1 aromatic heterocycles. The molecule has 1 aromatic carbocycles. The highest BCUT2D eigenvalue weighted by Gasteiger charge is 2.31. The monoisotopic (exact) mass is 423 g/mol. The van der Waals surface area contributed by atoms with E-state index in [1.54, 1.807) is 11.9 Å². The Kier molecular flexibility index (Phi) is 5.44. The number of carboxylic acids is 1. The molecule has 0 bridgehead atoms. The summed E-state index contributed by atoms with van der Waals surface area (Å²) in [5, 5.41) is 9.38. The minimum absolute atomic E-state index is 0.423. The SMILES string of the molecule is O=C(O)C1CCc2ccc(SN3CCN(c4ccc(C(F)(F)F)cn4)CC3)cc21. The standard InChI is InChI=1S/C20H20F3N3O2S/c21-20(22,23)14-3-6-18(24-12-14)25-7-9-26(10-8-25)29-15-4-1-13-2-5-16(19(27)28)17(13)11-15/h1,3-4,6,11-12,16H,2,5,7-10H2,(H,27,28). The summed E-state index contributed by atoms with van der Waals surface area (Å²) in [6, 6.07) is 8.50. The molecular weight excluding hydrogens is 403 g/mol. The van der Waals surface area contributed by atoms with Crippen molar-refractivity contribution in [2.45, 2.75) is 29.8 Å². The summed E-state index contributed by atoms with van der Waals surface area (Å²) in [6.07, 6.45) is -2.05. The summed E-state index contributed by atoms with van der Waals surface area (Å²) in [6.45, 7) is 2.78. The van der Waals surface area contributed by atoms with Crippen LogP contribution in [-0.2, 0) is 17.4 Å². The van der Waals surface area contributed by atoms with Gasteiger partial charge in [-0.2, -0.15) is 13.2 Å². The number of alkyl halides is 3. The van der Waals surface area contributed by atoms with Crippen molar-refractivity contribution in [3.63, 3.8) is 0 Å². The summed E-state index contributed by atoms with van der Waals surface area (Å²) in [5.74, 6) is -0.652. The molecule has 1 fully saturated rings. The Bertz CT molecular complexity index is 897. The lowest BCUT2D eigenvalue weighted by molar-refractivity contribution is -0.139. The van der Waals surface area contributed by atoms with E-state index in [2.05, 4.69) is 9.29 Å². The van der Waals surface area contributed by atoms with Crippen LogP contribution < -0.4 is 4.90 Å². The van der Waals surface area contributed by atoms with Gasteiger partial charge in [-0.1, -0.05) is 6.07 Å². The van der Waals surface area contributed by atoms with Gasteiger partial charge in [-0.3, -0.25) is 4.79 Å². The number of halogens is 3. The molecule has 1 unspecified atom stereocenters. The number of aliphatic carboxylic acids is 1. The minimum Gasteiger partial charge on any atom is -0.481 e. The Morgan fingerprint density at radius 3 is 2.52 bits per heavy atom. The van der Waals surface area contributed by atoms with E-state index in [1.807, 2.05) is 23.1 Å². The molecule has 0 radical (unpaired) electrons. The second-order valence-corrected chi connectivity index (χ2v) is 8.37. The average molecular weight is 423 g/mol. The summed E-state index contributed by atoms with van der Waals surface area (Å²) in [4.78, 5) is 18.4. The fraction of sp³-hybridized carbons (Fsp3) is 0.400. The fourth-order valence-electron chi connectivity index (χ4n) is 3.79. The van der Waals surface area contributed by atoms with Crippen molar-refractivity contribution < 1.29 is 23.1 Å². The van der Waals surface area contributed by atoms with Crippen LogP contribution in [-0.4, -0.2) is 46.5 Å². The summed E-state index contributed by atoms with van der Waals surface area (Å²) in [7, 11) is 0. The molecule has 1 atom stereocenters. The lowest BCUT2D eigenvalue weighted by atomic mass is 10.0. The van der Waals surface area contributed by atoms with E-state index >= 15 is 0 Å². The van der Waals surface area contributed by atoms with Gasteiger partial charge in [0.15, 0.2) is 0 Å². The van der Waals surface area contributed by atoms with E-state index in [9.17, 15) is 23.1 Å². The number of hydrogen-bond acceptors (Lipinski definition) is 5. The molecule has 1 aliphatic carbocycles. The number of anilines is 1. The fourth-order valence-corrected chi connectivity index (χ4v) is 4.74. The lowest BCUT2D eigenvalue weighted by Crippen LogP contribution is -2.43. The Balaban J connectivity index is 1.36. The maximum absolute atomic E-state index is 12.7. The van der Waals surface area contributed by atoms with E-state index in [4.69, 9.17) is 0 Å². The average Bonchev–Trinajstić information content (AvgIpc) is 3.12. The van der Waals surface area contributed by atoms with Gasteiger partial charge < -0.3 is 10.0 Å². The third kappa shape index (κ3) is 4.35. The number of carboxylic acid groups (broad SMARTS) is 1. The molecule has 29 heavy (non-hydrogen) atoms. The molecule has 154 valence electrons. The van der Waals surface area contributed by atoms with Gasteiger partial charge in [0.25, 0.3) is 0 Å². The Morgan fingerprint density at radius 1 is 1.14 bits per heavy atom. The lowest BCUT2D eigenvalue weighted by Gasteiger charge is -2.34. The minimum atomic E-state index is -4.38. The second-order valence-electron chi connectivity index (χ2n) is 7.20. The normalized spacial score (nSPS) is 20.0. The summed E-state index contributed by atoms with van der Waals surface area (Å²) >= 11 is 1.59. The topological polar surface area (TPSA) is 56.7 Å². The van der Waals surface area contributed by atoms with Crippen molar-refractivity contribution in [2.24, 2.45) is 0 Å². The number of carbonyl (C=O) groups is 1. The van der Waals surface area contributed by atoms with Crippen LogP contribution in [0.1, 0.15) is 29.0 Å². The molecule has 2 heterocycles. The van der Waals surface area contributed by atoms with Crippen LogP contribution in [0.2, 0.25) is 0 Å². The molecule has 5 nitrogen and oxygen atoms in total. The van der Waals surface area contributed by atoms with Crippen molar-refractivity contribution in [3.8, 4) is 0 Å². The van der Waals surface area contributed by atoms with Crippen LogP contribution in [0.25, 0.3) is 0 Å². The van der Waals surface area contributed by atoms with Crippen LogP contribution >= 0.6 is 11.9 Å². The van der Waals surface area contributed by atoms with Crippen LogP contribution in [0.4, 0.5) is 19.0 Å². The van der Waals surface area contributed by atoms with E-state index in [0.29, 0.717) is 25.3 Å². The molecule has 0 spiro atoms. The Hall–Kier alpha value is -2.26. The third-order valence-corrected chi connectivity index (χ3v) is 6.45. The molecule has 0 saturated carbocycles. The number of aromatic nitrogens is 1. The first-order valence-electron chi connectivity index (χ1n) is 9.38. The van der Waals surface area contributed by atoms with Crippen molar-refractivity contribution in [3.05, 3.63) is 53.2 Å². The highest BCUT2D eigenvalue weighted by atomic mass is 32.2. The predicted octanol–water partition coefficient (Wildman–Crippen LogP) is 4.04. The smallest absolute Gasteiger partial charge is 0.417 e. The van der Waals surface area contributed by atoms with E-state index in [1.165, 1.54) is 6.07 Å². The van der Waals surface area contributed by atoms with Gasteiger partial charge in [0.2, 0.25) is 0 Å². The maximum atomic E-state index is 12.7. The van der Waals surface area contributed by atoms with Gasteiger partial charge in [0.1, 0.15) is 5.82 Å². The summed E-state index contributed by atoms with van der Waals surface area (Å²) in [5.41, 5.74) is 1.28. The molecule has 1 N–H and O–H groups in total. The zero-order valence-electron chi connectivity index (χ0n) is 15.5. The number of fused-ring (bicyclic) bond motifs is 1. The van der Waals surface area contributed by atoms with Gasteiger partial charge in [-0.25, -0.2) is 9.29 Å². The van der Waals surface area contributed by atoms with Gasteiger partial charge in [-0.05, 0) is 60.2 Å². The van der Waals surface area contributed by atoms with Crippen LogP contribution in [0.5, 0.6) is 0 Å². The molecule has 2 aromatic rings. The number of piperazine rings is 1. The molecule has 2 aliphatic rings. The maximum Gasteiger partial charge on any atom is 0.417 e. The first-order chi connectivity index (χ1) is 13.8. The summed E-state index contributed by atoms with van der Waals surface area (Å²) < 4.78 is 40.2. The van der Waals surface area contributed by atoms with Gasteiger partial charge in [-0.15, -0.1) is 0 Å². The van der Waals surface area contributed by atoms with Crippen molar-refractivity contribution in [1.29, 1.82) is 0 Å². The number of nitrogens with zero attached hydrogens (tertiary/aromatic N) is 3. The van der Waals surface area contributed by atoms with Crippen LogP contribution in [0.15, 0.2) is 41.4 Å². The van der Waals surface area contributed by atoms with Gasteiger partial charge in [0.05, 0.1) is 11.5 Å². The molecular formula is C20H20F3N3O2S. The highest BCUT2D eigenvalue weighted by molar-refractivity contribution is 7.97. The zero-order valence-corrected chi connectivity index (χ0v) is 16.3. The van der Waals surface area contributed by atoms with E-state index < -0.39 is 23.6 Å². The highest BCUT2D eigenvalue weighted by Crippen LogP contribution is 2.37. The molecule has 9 heteroatoms. The van der Waals surface area contributed by atoms with Gasteiger partial charge in [0, 0.05) is 37.3 Å². The quantitative estimate of drug-likeness (QED) is 0.749. The first-order valence-corrected chi connectivity index (χ1v) is 10.2. The van der Waals surface area contributed by atoms with Crippen molar-refractivity contribution >= 4 is 23.7 Å². The van der Waals surface area contributed by atoms with Crippen molar-refractivity contribution in [1.82, 2.24) is 9.29 Å². The molecule has 1 saturated heterocycles. The molecule has 0 amide bonds. The van der Waals surface area contributed by atoms with E-state index in [-0.39, 0.29) is 0 Å². The molecule has 1 aliphatic heterocycles. The number of pyridine rings is 1. The van der Waals surface area contributed by atoms with E-state index in [0.717, 1.165) is 47.8 Å². The second kappa shape index (κ2) is 7.87. The predicted molar refractivity (Wildman–Crippen MR) is 104 cm³/mol. The molecule has 4 rings (SSSR count). The Morgan fingerprint density at radius 2 is 1.90 bits per heavy atom. The number of benzene rings is 1. The first kappa shape index (κ1) is 20.0. The number of aryl methyl sites for hydroxylation is 1. The number of hydrogen-bond donors (Lipinski definition) is 1. The van der Waals surface area contributed by atoms with Crippen molar-refractivity contribution in [2.75, 3.05) is 31.1 Å². The number of rotatable bonds is 4. The van der Waals surface area contributed by atoms with Crippen LogP contribution in [0, 0.1) is 0 Å². The third-order valence-electron chi connectivity index (χ3n) is 5.37.